The molecule has 0 spiro atoms. The van der Waals surface area contributed by atoms with Gasteiger partial charge in [0, 0.05) is 9.61 Å². The summed E-state index contributed by atoms with van der Waals surface area (Å²) in [6.07, 6.45) is 0. The van der Waals surface area contributed by atoms with Crippen molar-refractivity contribution in [3.63, 3.8) is 0 Å². The predicted molar refractivity (Wildman–Crippen MR) is 106 cm³/mol. The third-order valence-corrected chi connectivity index (χ3v) is 5.84. The number of hydrogen-bond donors (Lipinski definition) is 2. The Kier molecular flexibility index (Phi) is 6.42. The third-order valence-electron chi connectivity index (χ3n) is 3.24. The van der Waals surface area contributed by atoms with Crippen molar-refractivity contribution in [1.82, 2.24) is 4.72 Å². The number of carbonyl (C=O) groups is 1. The number of anilines is 1. The van der Waals surface area contributed by atoms with E-state index in [9.17, 15) is 13.2 Å². The molecule has 0 bridgehead atoms. The Morgan fingerprint density at radius 2 is 1.84 bits per heavy atom. The Labute approximate surface area is 161 Å². The molecule has 25 heavy (non-hydrogen) atoms. The number of nitrogens with one attached hydrogen (secondary N) is 2. The molecule has 0 unspecified atom stereocenters. The summed E-state index contributed by atoms with van der Waals surface area (Å²) >= 11 is 2.07. The molecule has 134 valence electrons. The van der Waals surface area contributed by atoms with Gasteiger partial charge in [0.2, 0.25) is 10.0 Å². The Morgan fingerprint density at radius 3 is 2.44 bits per heavy atom. The summed E-state index contributed by atoms with van der Waals surface area (Å²) in [7, 11) is -2.22. The molecule has 2 aromatic rings. The van der Waals surface area contributed by atoms with E-state index in [0.717, 1.165) is 3.57 Å². The van der Waals surface area contributed by atoms with Gasteiger partial charge in [-0.3, -0.25) is 4.79 Å². The average Bonchev–Trinajstić information content (AvgIpc) is 2.54. The van der Waals surface area contributed by atoms with Gasteiger partial charge in [-0.25, -0.2) is 13.1 Å². The first-order chi connectivity index (χ1) is 11.7. The maximum atomic E-state index is 12.5. The largest absolute Gasteiger partial charge is 0.495 e. The van der Waals surface area contributed by atoms with Crippen LogP contribution in [0.4, 0.5) is 5.69 Å². The van der Waals surface area contributed by atoms with Gasteiger partial charge in [0.05, 0.1) is 23.3 Å². The number of ether oxygens (including phenoxy) is 1. The Hall–Kier alpha value is -1.65. The van der Waals surface area contributed by atoms with Gasteiger partial charge in [0.25, 0.3) is 5.91 Å². The van der Waals surface area contributed by atoms with Crippen LogP contribution >= 0.6 is 22.6 Å². The summed E-state index contributed by atoms with van der Waals surface area (Å²) in [5, 5.41) is 2.72. The molecular weight excluding hydrogens is 455 g/mol. The van der Waals surface area contributed by atoms with Crippen LogP contribution in [0.1, 0.15) is 24.2 Å². The van der Waals surface area contributed by atoms with E-state index in [1.807, 2.05) is 12.1 Å². The molecule has 0 aliphatic rings. The zero-order valence-corrected chi connectivity index (χ0v) is 17.0. The van der Waals surface area contributed by atoms with Crippen LogP contribution in [-0.4, -0.2) is 27.5 Å². The third kappa shape index (κ3) is 4.93. The molecule has 0 saturated heterocycles. The van der Waals surface area contributed by atoms with Gasteiger partial charge in [-0.2, -0.15) is 0 Å². The first kappa shape index (κ1) is 19.7. The fraction of sp³-hybridized carbons (Fsp3) is 0.235. The van der Waals surface area contributed by atoms with Crippen molar-refractivity contribution in [3.05, 3.63) is 51.6 Å². The Bertz CT molecular complexity index is 882. The molecule has 8 heteroatoms. The molecule has 0 radical (unpaired) electrons. The van der Waals surface area contributed by atoms with Gasteiger partial charge in [-0.1, -0.05) is 12.1 Å². The van der Waals surface area contributed by atoms with Crippen LogP contribution in [0.2, 0.25) is 0 Å². The number of carbonyl (C=O) groups excluding carboxylic acids is 1. The van der Waals surface area contributed by atoms with E-state index in [-0.39, 0.29) is 16.8 Å². The van der Waals surface area contributed by atoms with Crippen molar-refractivity contribution in [1.29, 1.82) is 0 Å². The van der Waals surface area contributed by atoms with Crippen molar-refractivity contribution in [2.75, 3.05) is 12.4 Å². The van der Waals surface area contributed by atoms with E-state index in [0.29, 0.717) is 17.0 Å². The normalized spacial score (nSPS) is 11.4. The van der Waals surface area contributed by atoms with Gasteiger partial charge in [0.15, 0.2) is 0 Å². The Balaban J connectivity index is 2.38. The quantitative estimate of drug-likeness (QED) is 0.630. The number of halogens is 1. The number of benzene rings is 2. The van der Waals surface area contributed by atoms with Crippen LogP contribution in [0.15, 0.2) is 47.4 Å². The standard InChI is InChI=1S/C17H19IN2O4S/c1-11(2)20-25(22,23)12-8-9-16(24-3)15(10-12)19-17(21)13-6-4-5-7-14(13)18/h4-11,20H,1-3H3,(H,19,21). The maximum Gasteiger partial charge on any atom is 0.256 e. The summed E-state index contributed by atoms with van der Waals surface area (Å²) in [6, 6.07) is 11.2. The molecule has 0 aliphatic carbocycles. The number of methoxy groups -OCH3 is 1. The number of amides is 1. The highest BCUT2D eigenvalue weighted by atomic mass is 127. The second-order valence-electron chi connectivity index (χ2n) is 5.57. The molecule has 2 aromatic carbocycles. The van der Waals surface area contributed by atoms with Crippen molar-refractivity contribution in [2.24, 2.45) is 0 Å². The fourth-order valence-corrected chi connectivity index (χ4v) is 4.07. The lowest BCUT2D eigenvalue weighted by Crippen LogP contribution is -2.30. The van der Waals surface area contributed by atoms with E-state index in [4.69, 9.17) is 4.74 Å². The van der Waals surface area contributed by atoms with Crippen LogP contribution in [0, 0.1) is 3.57 Å². The topological polar surface area (TPSA) is 84.5 Å². The number of rotatable bonds is 6. The minimum atomic E-state index is -3.67. The van der Waals surface area contributed by atoms with E-state index >= 15 is 0 Å². The monoisotopic (exact) mass is 474 g/mol. The average molecular weight is 474 g/mol. The molecule has 2 N–H and O–H groups in total. The summed E-state index contributed by atoms with van der Waals surface area (Å²) in [6.45, 7) is 3.47. The first-order valence-corrected chi connectivity index (χ1v) is 10.1. The molecule has 6 nitrogen and oxygen atoms in total. The summed E-state index contributed by atoms with van der Waals surface area (Å²) in [4.78, 5) is 12.6. The molecule has 0 heterocycles. The zero-order valence-electron chi connectivity index (χ0n) is 14.0. The lowest BCUT2D eigenvalue weighted by molar-refractivity contribution is 0.102. The summed E-state index contributed by atoms with van der Waals surface area (Å²) in [5.74, 6) is 0.0393. The highest BCUT2D eigenvalue weighted by Crippen LogP contribution is 2.28. The van der Waals surface area contributed by atoms with E-state index < -0.39 is 10.0 Å². The molecule has 0 saturated carbocycles. The smallest absolute Gasteiger partial charge is 0.256 e. The van der Waals surface area contributed by atoms with Crippen molar-refractivity contribution in [3.8, 4) is 5.75 Å². The predicted octanol–water partition coefficient (Wildman–Crippen LogP) is 3.24. The van der Waals surface area contributed by atoms with Crippen LogP contribution in [0.3, 0.4) is 0 Å². The molecule has 2 rings (SSSR count). The number of sulfonamides is 1. The lowest BCUT2D eigenvalue weighted by Gasteiger charge is -2.14. The van der Waals surface area contributed by atoms with Gasteiger partial charge in [0.1, 0.15) is 5.75 Å². The van der Waals surface area contributed by atoms with E-state index in [1.165, 1.54) is 25.3 Å². The van der Waals surface area contributed by atoms with E-state index in [2.05, 4.69) is 32.6 Å². The zero-order chi connectivity index (χ0) is 18.6. The second-order valence-corrected chi connectivity index (χ2v) is 8.45. The highest BCUT2D eigenvalue weighted by Gasteiger charge is 2.19. The van der Waals surface area contributed by atoms with Crippen molar-refractivity contribution < 1.29 is 17.9 Å². The molecular formula is C17H19IN2O4S. The van der Waals surface area contributed by atoms with E-state index in [1.54, 1.807) is 26.0 Å². The summed E-state index contributed by atoms with van der Waals surface area (Å²) < 4.78 is 33.2. The van der Waals surface area contributed by atoms with Gasteiger partial charge >= 0.3 is 0 Å². The maximum absolute atomic E-state index is 12.5. The molecule has 0 aliphatic heterocycles. The fourth-order valence-electron chi connectivity index (χ4n) is 2.17. The summed E-state index contributed by atoms with van der Waals surface area (Å²) in [5.41, 5.74) is 0.789. The number of hydrogen-bond acceptors (Lipinski definition) is 4. The van der Waals surface area contributed by atoms with Crippen LogP contribution in [-0.2, 0) is 10.0 Å². The van der Waals surface area contributed by atoms with Crippen molar-refractivity contribution in [2.45, 2.75) is 24.8 Å². The van der Waals surface area contributed by atoms with Gasteiger partial charge < -0.3 is 10.1 Å². The SMILES string of the molecule is COc1ccc(S(=O)(=O)NC(C)C)cc1NC(=O)c1ccccc1I. The highest BCUT2D eigenvalue weighted by molar-refractivity contribution is 14.1. The Morgan fingerprint density at radius 1 is 1.16 bits per heavy atom. The minimum absolute atomic E-state index is 0.0556. The van der Waals surface area contributed by atoms with Gasteiger partial charge in [-0.15, -0.1) is 0 Å². The first-order valence-electron chi connectivity index (χ1n) is 7.51. The molecule has 1 amide bonds. The molecule has 0 fully saturated rings. The molecule has 0 atom stereocenters. The van der Waals surface area contributed by atoms with Crippen LogP contribution < -0.4 is 14.8 Å². The lowest BCUT2D eigenvalue weighted by atomic mass is 10.2. The second kappa shape index (κ2) is 8.15. The van der Waals surface area contributed by atoms with Crippen LogP contribution in [0.25, 0.3) is 0 Å². The molecule has 0 aromatic heterocycles. The minimum Gasteiger partial charge on any atom is -0.495 e. The van der Waals surface area contributed by atoms with Crippen LogP contribution in [0.5, 0.6) is 5.75 Å². The van der Waals surface area contributed by atoms with Crippen molar-refractivity contribution >= 4 is 44.2 Å². The van der Waals surface area contributed by atoms with Gasteiger partial charge in [-0.05, 0) is 66.8 Å².